The van der Waals surface area contributed by atoms with E-state index in [4.69, 9.17) is 42.1 Å². The molecule has 0 unspecified atom stereocenters. The number of nitrogens with one attached hydrogen (secondary N) is 2. The number of fused-ring (bicyclic) bond motifs is 2. The molecule has 3 aliphatic rings. The molecule has 2 heterocycles. The summed E-state index contributed by atoms with van der Waals surface area (Å²) in [6.07, 6.45) is 4.45. The van der Waals surface area contributed by atoms with E-state index in [1.165, 1.54) is 4.90 Å². The first kappa shape index (κ1) is 38.9. The zero-order chi connectivity index (χ0) is 39.3. The third-order valence-corrected chi connectivity index (χ3v) is 11.1. The number of allylic oxidation sites excluding steroid dienone is 2. The number of carboxylic acids is 1. The summed E-state index contributed by atoms with van der Waals surface area (Å²) in [5, 5.41) is 16.9. The van der Waals surface area contributed by atoms with Crippen LogP contribution in [0.5, 0.6) is 23.0 Å². The molecular formula is C43H43Cl2N3O8. The van der Waals surface area contributed by atoms with Crippen LogP contribution in [0.2, 0.25) is 10.0 Å². The highest BCUT2D eigenvalue weighted by Gasteiger charge is 2.39. The Morgan fingerprint density at radius 2 is 1.64 bits per heavy atom. The number of carbonyl (C=O) groups is 3. The fourth-order valence-electron chi connectivity index (χ4n) is 6.79. The molecule has 56 heavy (non-hydrogen) atoms. The number of carbonyl (C=O) groups excluding carboxylic acids is 2. The number of amides is 3. The number of rotatable bonds is 12. The van der Waals surface area contributed by atoms with Crippen molar-refractivity contribution in [3.8, 4) is 23.0 Å². The van der Waals surface area contributed by atoms with Crippen LogP contribution in [0.15, 0.2) is 90.7 Å². The third kappa shape index (κ3) is 9.17. The summed E-state index contributed by atoms with van der Waals surface area (Å²) in [7, 11) is 0. The molecule has 0 radical (unpaired) electrons. The Hall–Kier alpha value is -5.39. The van der Waals surface area contributed by atoms with Crippen LogP contribution in [0.4, 0.5) is 4.79 Å². The van der Waals surface area contributed by atoms with Crippen LogP contribution in [-0.2, 0) is 35.6 Å². The second-order valence-corrected chi connectivity index (χ2v) is 15.1. The maximum atomic E-state index is 14.0. The number of ether oxygens (including phenoxy) is 4. The molecule has 1 fully saturated rings. The molecule has 1 saturated carbocycles. The standard InChI is InChI=1S/C43H43Cl2N3O8/c1-3-25(2)55-33-12-7-26(8-13-33)18-36(42(50)51)47-41(49)37-19-29-20-38-39(21-30(29)22-48(37)43(52)46-31-5-4-6-31)56-40(24-54-38)28-10-14-32(15-11-28)53-23-27-9-16-34(44)35(45)17-27/h3,7-17,20-21,31,36-37,40H,4-6,18-19,22-24H2,1-2H3,(H,46,52)(H,47,49)(H,50,51)/b25-3+/t36-,37-,40+/m0/s1. The van der Waals surface area contributed by atoms with Crippen LogP contribution in [0, 0.1) is 0 Å². The van der Waals surface area contributed by atoms with Crippen LogP contribution in [0.25, 0.3) is 0 Å². The lowest BCUT2D eigenvalue weighted by Gasteiger charge is -2.39. The topological polar surface area (TPSA) is 136 Å². The van der Waals surface area contributed by atoms with Gasteiger partial charge in [0.05, 0.1) is 15.8 Å². The molecule has 2 aliphatic heterocycles. The van der Waals surface area contributed by atoms with Crippen LogP contribution in [-0.4, -0.2) is 52.6 Å². The normalized spacial score (nSPS) is 18.2. The van der Waals surface area contributed by atoms with E-state index in [-0.39, 0.29) is 38.1 Å². The summed E-state index contributed by atoms with van der Waals surface area (Å²) < 4.78 is 24.3. The van der Waals surface area contributed by atoms with Gasteiger partial charge in [0.25, 0.3) is 0 Å². The molecule has 7 rings (SSSR count). The van der Waals surface area contributed by atoms with E-state index in [9.17, 15) is 19.5 Å². The average molecular weight is 801 g/mol. The first-order chi connectivity index (χ1) is 27.0. The second-order valence-electron chi connectivity index (χ2n) is 14.3. The smallest absolute Gasteiger partial charge is 0.326 e. The molecule has 13 heteroatoms. The predicted octanol–water partition coefficient (Wildman–Crippen LogP) is 8.19. The first-order valence-electron chi connectivity index (χ1n) is 18.6. The van der Waals surface area contributed by atoms with E-state index in [2.05, 4.69) is 10.6 Å². The number of hydrogen-bond acceptors (Lipinski definition) is 7. The summed E-state index contributed by atoms with van der Waals surface area (Å²) in [6.45, 7) is 4.44. The van der Waals surface area contributed by atoms with Gasteiger partial charge in [0.1, 0.15) is 36.8 Å². The Balaban J connectivity index is 1.04. The quantitative estimate of drug-likeness (QED) is 0.122. The van der Waals surface area contributed by atoms with E-state index in [0.717, 1.165) is 47.3 Å². The summed E-state index contributed by atoms with van der Waals surface area (Å²) in [5.41, 5.74) is 4.14. The lowest BCUT2D eigenvalue weighted by Crippen LogP contribution is -2.59. The van der Waals surface area contributed by atoms with Gasteiger partial charge in [-0.3, -0.25) is 4.79 Å². The minimum atomic E-state index is -1.22. The Morgan fingerprint density at radius 1 is 0.929 bits per heavy atom. The van der Waals surface area contributed by atoms with Gasteiger partial charge in [-0.15, -0.1) is 0 Å². The zero-order valence-corrected chi connectivity index (χ0v) is 32.6. The number of hydrogen-bond donors (Lipinski definition) is 3. The zero-order valence-electron chi connectivity index (χ0n) is 31.1. The largest absolute Gasteiger partial charge is 0.489 e. The molecule has 3 amide bonds. The fraction of sp³-hybridized carbons (Fsp3) is 0.326. The van der Waals surface area contributed by atoms with Gasteiger partial charge in [-0.2, -0.15) is 0 Å². The number of benzene rings is 4. The Morgan fingerprint density at radius 3 is 2.32 bits per heavy atom. The Bertz CT molecular complexity index is 2120. The van der Waals surface area contributed by atoms with E-state index < -0.39 is 30.1 Å². The van der Waals surface area contributed by atoms with Crippen LogP contribution in [0.1, 0.15) is 67.0 Å². The van der Waals surface area contributed by atoms with E-state index in [1.807, 2.05) is 62.4 Å². The summed E-state index contributed by atoms with van der Waals surface area (Å²) in [5.74, 6) is 1.39. The van der Waals surface area contributed by atoms with Gasteiger partial charge in [-0.25, -0.2) is 9.59 Å². The van der Waals surface area contributed by atoms with Gasteiger partial charge >= 0.3 is 12.0 Å². The molecule has 0 bridgehead atoms. The summed E-state index contributed by atoms with van der Waals surface area (Å²) >= 11 is 12.2. The highest BCUT2D eigenvalue weighted by Crippen LogP contribution is 2.41. The SMILES string of the molecule is C/C=C(\C)Oc1ccc(C[C@H](NC(=O)[C@@H]2Cc3cc4c(cc3CN2C(=O)NC2CCC2)O[C@@H](c2ccc(OCc3ccc(Cl)c(Cl)c3)cc2)CO4)C(=O)O)cc1. The lowest BCUT2D eigenvalue weighted by atomic mass is 9.91. The van der Waals surface area contributed by atoms with E-state index >= 15 is 0 Å². The van der Waals surface area contributed by atoms with E-state index in [1.54, 1.807) is 36.4 Å². The second kappa shape index (κ2) is 17.2. The van der Waals surface area contributed by atoms with Gasteiger partial charge in [-0.05, 0) is 116 Å². The average Bonchev–Trinajstić information content (AvgIpc) is 3.18. The van der Waals surface area contributed by atoms with Crippen molar-refractivity contribution in [1.29, 1.82) is 0 Å². The molecular weight excluding hydrogens is 757 g/mol. The molecule has 3 atom stereocenters. The molecule has 0 aromatic heterocycles. The number of urea groups is 1. The third-order valence-electron chi connectivity index (χ3n) is 10.4. The van der Waals surface area contributed by atoms with Crippen molar-refractivity contribution in [1.82, 2.24) is 15.5 Å². The van der Waals surface area contributed by atoms with Gasteiger partial charge in [-0.1, -0.05) is 53.5 Å². The van der Waals surface area contributed by atoms with Crippen molar-refractivity contribution in [2.75, 3.05) is 6.61 Å². The van der Waals surface area contributed by atoms with Gasteiger partial charge in [0.15, 0.2) is 17.6 Å². The van der Waals surface area contributed by atoms with Crippen molar-refractivity contribution in [3.05, 3.63) is 129 Å². The molecule has 0 saturated heterocycles. The van der Waals surface area contributed by atoms with E-state index in [0.29, 0.717) is 45.2 Å². The molecule has 11 nitrogen and oxygen atoms in total. The lowest BCUT2D eigenvalue weighted by molar-refractivity contribution is -0.142. The predicted molar refractivity (Wildman–Crippen MR) is 212 cm³/mol. The minimum Gasteiger partial charge on any atom is -0.489 e. The molecule has 1 aliphatic carbocycles. The Labute approximate surface area is 335 Å². The van der Waals surface area contributed by atoms with Crippen LogP contribution in [0.3, 0.4) is 0 Å². The minimum absolute atomic E-state index is 0.0386. The number of aliphatic carboxylic acids is 1. The number of nitrogens with zero attached hydrogens (tertiary/aromatic N) is 1. The van der Waals surface area contributed by atoms with Crippen LogP contribution >= 0.6 is 23.2 Å². The maximum absolute atomic E-state index is 14.0. The molecule has 3 N–H and O–H groups in total. The number of carboxylic acid groups (broad SMARTS) is 1. The highest BCUT2D eigenvalue weighted by atomic mass is 35.5. The molecule has 292 valence electrons. The highest BCUT2D eigenvalue weighted by molar-refractivity contribution is 6.42. The van der Waals surface area contributed by atoms with Gasteiger partial charge in [0, 0.05) is 25.4 Å². The van der Waals surface area contributed by atoms with Gasteiger partial charge in [0.2, 0.25) is 5.91 Å². The fourth-order valence-corrected chi connectivity index (χ4v) is 7.11. The summed E-state index contributed by atoms with van der Waals surface area (Å²) in [4.78, 5) is 41.6. The number of halogens is 2. The summed E-state index contributed by atoms with van der Waals surface area (Å²) in [6, 6.07) is 21.3. The Kier molecular flexibility index (Phi) is 11.9. The first-order valence-corrected chi connectivity index (χ1v) is 19.4. The van der Waals surface area contributed by atoms with Crippen molar-refractivity contribution in [2.24, 2.45) is 0 Å². The van der Waals surface area contributed by atoms with Crippen molar-refractivity contribution >= 4 is 41.1 Å². The van der Waals surface area contributed by atoms with Crippen molar-refractivity contribution in [2.45, 2.75) is 83.3 Å². The molecule has 4 aromatic carbocycles. The van der Waals surface area contributed by atoms with Crippen LogP contribution < -0.4 is 29.6 Å². The van der Waals surface area contributed by atoms with Crippen molar-refractivity contribution < 1.29 is 38.4 Å². The molecule has 0 spiro atoms. The van der Waals surface area contributed by atoms with Crippen molar-refractivity contribution in [3.63, 3.8) is 0 Å². The monoisotopic (exact) mass is 799 g/mol. The van der Waals surface area contributed by atoms with Gasteiger partial charge < -0.3 is 39.6 Å². The molecule has 4 aromatic rings. The maximum Gasteiger partial charge on any atom is 0.326 e.